The van der Waals surface area contributed by atoms with Crippen molar-refractivity contribution in [3.05, 3.63) is 85.1 Å². The Balaban J connectivity index is 4.76. The first-order valence-corrected chi connectivity index (χ1v) is 31.0. The molecule has 0 aromatic rings. The summed E-state index contributed by atoms with van der Waals surface area (Å²) in [6.45, 7) is 4.38. The number of carbonyl (C=O) groups excluding carboxylic acids is 3. The number of carbonyl (C=O) groups is 3. The second-order valence-corrected chi connectivity index (χ2v) is 20.8. The highest BCUT2D eigenvalue weighted by Gasteiger charge is 2.28. The van der Waals surface area contributed by atoms with Gasteiger partial charge in [0.1, 0.15) is 12.7 Å². The lowest BCUT2D eigenvalue weighted by Gasteiger charge is -2.21. The Morgan fingerprint density at radius 1 is 0.392 bits per heavy atom. The number of ether oxygens (including phenoxy) is 3. The van der Waals surface area contributed by atoms with Crippen LogP contribution in [0, 0.1) is 0 Å². The monoisotopic (exact) mass is 1060 g/mol. The van der Waals surface area contributed by atoms with E-state index in [9.17, 15) is 28.9 Å². The Labute approximate surface area is 451 Å². The molecule has 3 unspecified atom stereocenters. The van der Waals surface area contributed by atoms with Crippen LogP contribution in [0.25, 0.3) is 0 Å². The van der Waals surface area contributed by atoms with Crippen molar-refractivity contribution in [1.29, 1.82) is 0 Å². The molecule has 74 heavy (non-hydrogen) atoms. The van der Waals surface area contributed by atoms with Gasteiger partial charge >= 0.3 is 25.7 Å². The fourth-order valence-electron chi connectivity index (χ4n) is 7.85. The van der Waals surface area contributed by atoms with Gasteiger partial charge in [0, 0.05) is 19.3 Å². The molecule has 0 radical (unpaired) electrons. The zero-order valence-corrected chi connectivity index (χ0v) is 47.9. The molecule has 0 saturated carbocycles. The van der Waals surface area contributed by atoms with Crippen LogP contribution >= 0.6 is 7.82 Å². The number of hydrogen-bond donors (Lipinski definition) is 2. The molecular formula is C62H107O11P. The van der Waals surface area contributed by atoms with Crippen molar-refractivity contribution in [2.75, 3.05) is 26.4 Å². The van der Waals surface area contributed by atoms with E-state index in [1.807, 2.05) is 0 Å². The van der Waals surface area contributed by atoms with Gasteiger partial charge in [-0.25, -0.2) is 4.57 Å². The fourth-order valence-corrected chi connectivity index (χ4v) is 8.63. The second kappa shape index (κ2) is 55.9. The molecule has 0 aliphatic heterocycles. The zero-order chi connectivity index (χ0) is 54.1. The van der Waals surface area contributed by atoms with Gasteiger partial charge < -0.3 is 24.2 Å². The average molecular weight is 1060 g/mol. The van der Waals surface area contributed by atoms with E-state index in [-0.39, 0.29) is 25.9 Å². The number of aliphatic hydroxyl groups is 1. The molecule has 2 N–H and O–H groups in total. The van der Waals surface area contributed by atoms with Gasteiger partial charge in [0.2, 0.25) is 0 Å². The first-order valence-electron chi connectivity index (χ1n) is 29.5. The third-order valence-electron chi connectivity index (χ3n) is 12.3. The van der Waals surface area contributed by atoms with Gasteiger partial charge in [0.05, 0.1) is 19.8 Å². The molecule has 0 rings (SSSR count). The fraction of sp³-hybridized carbons (Fsp3) is 0.726. The van der Waals surface area contributed by atoms with Crippen molar-refractivity contribution in [2.24, 2.45) is 0 Å². The summed E-state index contributed by atoms with van der Waals surface area (Å²) in [5.74, 6) is -1.51. The van der Waals surface area contributed by atoms with Gasteiger partial charge in [-0.2, -0.15) is 0 Å². The summed E-state index contributed by atoms with van der Waals surface area (Å²) in [7, 11) is -4.76. The quantitative estimate of drug-likeness (QED) is 0.0197. The Bertz CT molecular complexity index is 1560. The van der Waals surface area contributed by atoms with Gasteiger partial charge in [0.15, 0.2) is 6.10 Å². The minimum atomic E-state index is -4.76. The van der Waals surface area contributed by atoms with Crippen molar-refractivity contribution in [2.45, 2.75) is 264 Å². The molecule has 0 aromatic carbocycles. The van der Waals surface area contributed by atoms with Crippen LogP contribution in [-0.2, 0) is 42.2 Å². The SMILES string of the molecule is CC/C=C\C/C=C\C/C=C\CCCCCCCC(=O)OCC(COP(=O)(O)OCC(CO)OC(=O)CCCCCCC/C=C\C/C=C\C/C=C\CC)OC(=O)CCCCCCCCC/C=C\CCCCCCCC. The van der Waals surface area contributed by atoms with Gasteiger partial charge in [-0.05, 0) is 109 Å². The molecule has 0 spiro atoms. The van der Waals surface area contributed by atoms with Crippen molar-refractivity contribution in [3.8, 4) is 0 Å². The van der Waals surface area contributed by atoms with Crippen LogP contribution in [0.1, 0.15) is 252 Å². The highest BCUT2D eigenvalue weighted by molar-refractivity contribution is 7.47. The number of allylic oxidation sites excluding steroid dienone is 14. The number of unbranched alkanes of at least 4 members (excludes halogenated alkanes) is 23. The van der Waals surface area contributed by atoms with E-state index in [1.54, 1.807) is 0 Å². The number of phosphoric ester groups is 1. The predicted molar refractivity (Wildman–Crippen MR) is 307 cm³/mol. The lowest BCUT2D eigenvalue weighted by atomic mass is 10.1. The predicted octanol–water partition coefficient (Wildman–Crippen LogP) is 17.5. The molecule has 0 aliphatic carbocycles. The van der Waals surface area contributed by atoms with Crippen molar-refractivity contribution >= 4 is 25.7 Å². The van der Waals surface area contributed by atoms with Crippen LogP contribution in [0.5, 0.6) is 0 Å². The lowest BCUT2D eigenvalue weighted by molar-refractivity contribution is -0.161. The van der Waals surface area contributed by atoms with Gasteiger partial charge in [-0.1, -0.05) is 209 Å². The molecule has 0 bridgehead atoms. The maximum absolute atomic E-state index is 12.9. The summed E-state index contributed by atoms with van der Waals surface area (Å²) < 4.78 is 39.5. The van der Waals surface area contributed by atoms with E-state index in [2.05, 4.69) is 106 Å². The molecule has 0 amide bonds. The normalized spacial score (nSPS) is 14.0. The number of hydrogen-bond acceptors (Lipinski definition) is 10. The third kappa shape index (κ3) is 53.5. The van der Waals surface area contributed by atoms with E-state index in [4.69, 9.17) is 23.3 Å². The second-order valence-electron chi connectivity index (χ2n) is 19.4. The van der Waals surface area contributed by atoms with Gasteiger partial charge in [-0.3, -0.25) is 23.4 Å². The molecule has 0 aromatic heterocycles. The maximum Gasteiger partial charge on any atom is 0.472 e. The largest absolute Gasteiger partial charge is 0.472 e. The number of aliphatic hydroxyl groups excluding tert-OH is 1. The Kier molecular flexibility index (Phi) is 53.4. The van der Waals surface area contributed by atoms with Crippen molar-refractivity contribution in [3.63, 3.8) is 0 Å². The zero-order valence-electron chi connectivity index (χ0n) is 47.0. The molecule has 0 aliphatic rings. The van der Waals surface area contributed by atoms with Crippen LogP contribution in [0.3, 0.4) is 0 Å². The molecule has 12 heteroatoms. The molecular weight excluding hydrogens is 952 g/mol. The first-order chi connectivity index (χ1) is 36.2. The van der Waals surface area contributed by atoms with Crippen LogP contribution in [-0.4, -0.2) is 66.5 Å². The van der Waals surface area contributed by atoms with Crippen LogP contribution < -0.4 is 0 Å². The topological polar surface area (TPSA) is 155 Å². The molecule has 3 atom stereocenters. The molecule has 0 saturated heterocycles. The van der Waals surface area contributed by atoms with Gasteiger partial charge in [-0.15, -0.1) is 0 Å². The smallest absolute Gasteiger partial charge is 0.462 e. The highest BCUT2D eigenvalue weighted by atomic mass is 31.2. The Hall–Kier alpha value is -3.34. The van der Waals surface area contributed by atoms with Crippen LogP contribution in [0.2, 0.25) is 0 Å². The summed E-state index contributed by atoms with van der Waals surface area (Å²) in [6.07, 6.45) is 63.9. The molecule has 0 heterocycles. The van der Waals surface area contributed by atoms with E-state index >= 15 is 0 Å². The molecule has 426 valence electrons. The van der Waals surface area contributed by atoms with Crippen LogP contribution in [0.4, 0.5) is 0 Å². The van der Waals surface area contributed by atoms with Crippen molar-refractivity contribution < 1.29 is 52.2 Å². The summed E-state index contributed by atoms with van der Waals surface area (Å²) >= 11 is 0. The summed E-state index contributed by atoms with van der Waals surface area (Å²) in [5.41, 5.74) is 0. The third-order valence-corrected chi connectivity index (χ3v) is 13.2. The summed E-state index contributed by atoms with van der Waals surface area (Å²) in [4.78, 5) is 48.6. The summed E-state index contributed by atoms with van der Waals surface area (Å²) in [6, 6.07) is 0. The molecule has 0 fully saturated rings. The highest BCUT2D eigenvalue weighted by Crippen LogP contribution is 2.43. The van der Waals surface area contributed by atoms with Crippen molar-refractivity contribution in [1.82, 2.24) is 0 Å². The number of esters is 3. The van der Waals surface area contributed by atoms with E-state index in [1.165, 1.54) is 57.8 Å². The van der Waals surface area contributed by atoms with Gasteiger partial charge in [0.25, 0.3) is 0 Å². The standard InChI is InChI=1S/C62H107O11P/c1-4-7-10-13-16-19-22-25-28-29-32-35-38-41-44-47-50-53-62(66)73-59(55-69-60(64)51-48-45-42-39-36-33-30-26-23-20-17-14-11-8-5-2)57-71-74(67,68)70-56-58(54-63)72-61(65)52-49-46-43-40-37-34-31-27-24-21-18-15-12-9-6-3/h8-9,11-12,17-18,20-21,25-28,30-31,58-59,63H,4-7,10,13-16,19,22-24,29,32-57H2,1-3H3,(H,67,68)/b11-8-,12-9-,20-17-,21-18-,28-25-,30-26-,31-27-. The average Bonchev–Trinajstić information content (AvgIpc) is 3.39. The first kappa shape index (κ1) is 70.7. The van der Waals surface area contributed by atoms with Crippen LogP contribution in [0.15, 0.2) is 85.1 Å². The summed E-state index contributed by atoms with van der Waals surface area (Å²) in [5, 5.41) is 9.82. The Morgan fingerprint density at radius 3 is 1.09 bits per heavy atom. The van der Waals surface area contributed by atoms with E-state index in [0.717, 1.165) is 135 Å². The Morgan fingerprint density at radius 2 is 0.703 bits per heavy atom. The molecule has 11 nitrogen and oxygen atoms in total. The van der Waals surface area contributed by atoms with E-state index in [0.29, 0.717) is 19.3 Å². The van der Waals surface area contributed by atoms with E-state index < -0.39 is 57.8 Å². The minimum absolute atomic E-state index is 0.154. The maximum atomic E-state index is 12.9. The number of rotatable bonds is 54. The minimum Gasteiger partial charge on any atom is -0.462 e. The number of phosphoric acid groups is 1. The lowest BCUT2D eigenvalue weighted by Crippen LogP contribution is -2.30.